The molecule has 16 heavy (non-hydrogen) atoms. The smallest absolute Gasteiger partial charge is 0.321 e. The maximum absolute atomic E-state index is 12.7. The molecule has 0 bridgehead atoms. The zero-order chi connectivity index (χ0) is 12.2. The van der Waals surface area contributed by atoms with Crippen molar-refractivity contribution in [1.82, 2.24) is 0 Å². The van der Waals surface area contributed by atoms with Crippen LogP contribution in [-0.4, -0.2) is 36.5 Å². The normalized spacial score (nSPS) is 11.2. The summed E-state index contributed by atoms with van der Waals surface area (Å²) >= 11 is 0. The number of carbonyl (C=O) groups excluding carboxylic acids is 1. The Hall–Kier alpha value is -1.46. The van der Waals surface area contributed by atoms with Crippen LogP contribution in [0.25, 0.3) is 0 Å². The molecule has 0 aromatic heterocycles. The van der Waals surface area contributed by atoms with Crippen LogP contribution >= 0.6 is 0 Å². The predicted molar refractivity (Wildman–Crippen MR) is 54.3 cm³/mol. The first-order valence-electron chi connectivity index (χ1n) is 4.67. The fourth-order valence-corrected chi connectivity index (χ4v) is 1.44. The lowest BCUT2D eigenvalue weighted by atomic mass is 9.82. The van der Waals surface area contributed by atoms with Crippen molar-refractivity contribution >= 4 is 5.97 Å². The van der Waals surface area contributed by atoms with Gasteiger partial charge in [-0.3, -0.25) is 4.79 Å². The van der Waals surface area contributed by atoms with Crippen LogP contribution < -0.4 is 0 Å². The molecule has 0 heterocycles. The molecule has 0 fully saturated rings. The summed E-state index contributed by atoms with van der Waals surface area (Å²) in [6.45, 7) is -1.22. The molecule has 0 spiro atoms. The number of carbonyl (C=O) groups is 1. The molecule has 0 aliphatic heterocycles. The number of benzene rings is 1. The summed E-state index contributed by atoms with van der Waals surface area (Å²) < 4.78 is 17.3. The summed E-state index contributed by atoms with van der Waals surface area (Å²) in [6, 6.07) is 4.97. The van der Waals surface area contributed by atoms with Gasteiger partial charge in [0.1, 0.15) is 11.2 Å². The Morgan fingerprint density at radius 3 is 2.19 bits per heavy atom. The van der Waals surface area contributed by atoms with Crippen LogP contribution in [0.3, 0.4) is 0 Å². The van der Waals surface area contributed by atoms with Gasteiger partial charge >= 0.3 is 5.97 Å². The minimum absolute atomic E-state index is 0.311. The van der Waals surface area contributed by atoms with E-state index >= 15 is 0 Å². The summed E-state index contributed by atoms with van der Waals surface area (Å²) in [5.74, 6) is -1.22. The van der Waals surface area contributed by atoms with Crippen LogP contribution in [0.2, 0.25) is 0 Å². The molecule has 1 aromatic carbocycles. The van der Waals surface area contributed by atoms with E-state index in [-0.39, 0.29) is 0 Å². The molecular weight excluding hydrogens is 215 g/mol. The molecular formula is C11H13FO4. The number of methoxy groups -OCH3 is 1. The van der Waals surface area contributed by atoms with E-state index in [0.717, 1.165) is 19.2 Å². The van der Waals surface area contributed by atoms with Gasteiger partial charge in [-0.2, -0.15) is 0 Å². The van der Waals surface area contributed by atoms with E-state index in [4.69, 9.17) is 0 Å². The number of aliphatic hydroxyl groups excluding tert-OH is 2. The van der Waals surface area contributed by atoms with Crippen molar-refractivity contribution in [3.8, 4) is 0 Å². The van der Waals surface area contributed by atoms with Crippen molar-refractivity contribution in [2.75, 3.05) is 20.3 Å². The van der Waals surface area contributed by atoms with Gasteiger partial charge in [-0.25, -0.2) is 4.39 Å². The molecule has 1 aromatic rings. The molecule has 2 N–H and O–H groups in total. The van der Waals surface area contributed by atoms with Crippen LogP contribution in [0.5, 0.6) is 0 Å². The second-order valence-electron chi connectivity index (χ2n) is 3.40. The van der Waals surface area contributed by atoms with Crippen LogP contribution in [-0.2, 0) is 14.9 Å². The van der Waals surface area contributed by atoms with E-state index in [9.17, 15) is 19.4 Å². The van der Waals surface area contributed by atoms with E-state index in [1.54, 1.807) is 0 Å². The van der Waals surface area contributed by atoms with Gasteiger partial charge in [0.15, 0.2) is 0 Å². The van der Waals surface area contributed by atoms with E-state index < -0.39 is 30.4 Å². The summed E-state index contributed by atoms with van der Waals surface area (Å²) in [5.41, 5.74) is -1.23. The fraction of sp³-hybridized carbons (Fsp3) is 0.364. The van der Waals surface area contributed by atoms with E-state index in [0.29, 0.717) is 5.56 Å². The Bertz CT molecular complexity index is 357. The highest BCUT2D eigenvalue weighted by Gasteiger charge is 2.40. The Labute approximate surface area is 92.3 Å². The van der Waals surface area contributed by atoms with Gasteiger partial charge in [0.25, 0.3) is 0 Å². The van der Waals surface area contributed by atoms with Crippen molar-refractivity contribution in [2.45, 2.75) is 5.41 Å². The van der Waals surface area contributed by atoms with Gasteiger partial charge in [0.05, 0.1) is 20.3 Å². The number of aliphatic hydroxyl groups is 2. The van der Waals surface area contributed by atoms with Gasteiger partial charge in [-0.1, -0.05) is 12.1 Å². The second kappa shape index (κ2) is 5.05. The standard InChI is InChI=1S/C11H13FO4/c1-16-10(15)11(6-13,7-14)8-2-4-9(12)5-3-8/h2-5,13-14H,6-7H2,1H3. The molecule has 0 aliphatic carbocycles. The second-order valence-corrected chi connectivity index (χ2v) is 3.40. The lowest BCUT2D eigenvalue weighted by Crippen LogP contribution is -2.44. The van der Waals surface area contributed by atoms with Gasteiger partial charge in [0.2, 0.25) is 0 Å². The number of esters is 1. The van der Waals surface area contributed by atoms with Gasteiger partial charge in [-0.15, -0.1) is 0 Å². The Kier molecular flexibility index (Phi) is 3.98. The van der Waals surface area contributed by atoms with Crippen molar-refractivity contribution < 1.29 is 24.1 Å². The van der Waals surface area contributed by atoms with Crippen LogP contribution in [0, 0.1) is 5.82 Å². The summed E-state index contributed by atoms with van der Waals surface area (Å²) in [4.78, 5) is 11.5. The lowest BCUT2D eigenvalue weighted by Gasteiger charge is -2.26. The Balaban J connectivity index is 3.20. The minimum Gasteiger partial charge on any atom is -0.468 e. The largest absolute Gasteiger partial charge is 0.468 e. The van der Waals surface area contributed by atoms with Gasteiger partial charge in [-0.05, 0) is 17.7 Å². The molecule has 0 atom stereocenters. The van der Waals surface area contributed by atoms with E-state index in [1.807, 2.05) is 0 Å². The van der Waals surface area contributed by atoms with Gasteiger partial charge in [0, 0.05) is 0 Å². The number of hydrogen-bond acceptors (Lipinski definition) is 4. The first-order chi connectivity index (χ1) is 7.60. The molecule has 0 unspecified atom stereocenters. The first kappa shape index (κ1) is 12.6. The average Bonchev–Trinajstić information content (AvgIpc) is 2.33. The molecule has 1 rings (SSSR count). The number of rotatable bonds is 4. The van der Waals surface area contributed by atoms with Crippen LogP contribution in [0.1, 0.15) is 5.56 Å². The third-order valence-electron chi connectivity index (χ3n) is 2.51. The molecule has 88 valence electrons. The quantitative estimate of drug-likeness (QED) is 0.723. The van der Waals surface area contributed by atoms with Crippen molar-refractivity contribution in [3.05, 3.63) is 35.6 Å². The first-order valence-corrected chi connectivity index (χ1v) is 4.67. The zero-order valence-corrected chi connectivity index (χ0v) is 8.81. The highest BCUT2D eigenvalue weighted by Crippen LogP contribution is 2.25. The molecule has 0 radical (unpaired) electrons. The van der Waals surface area contributed by atoms with Crippen molar-refractivity contribution in [3.63, 3.8) is 0 Å². The van der Waals surface area contributed by atoms with Crippen LogP contribution in [0.15, 0.2) is 24.3 Å². The molecule has 0 saturated carbocycles. The molecule has 5 heteroatoms. The highest BCUT2D eigenvalue weighted by molar-refractivity contribution is 5.83. The zero-order valence-electron chi connectivity index (χ0n) is 8.81. The lowest BCUT2D eigenvalue weighted by molar-refractivity contribution is -0.151. The molecule has 4 nitrogen and oxygen atoms in total. The Morgan fingerprint density at radius 1 is 1.31 bits per heavy atom. The van der Waals surface area contributed by atoms with Crippen LogP contribution in [0.4, 0.5) is 4.39 Å². The molecule has 0 aliphatic rings. The Morgan fingerprint density at radius 2 is 1.81 bits per heavy atom. The number of halogens is 1. The third-order valence-corrected chi connectivity index (χ3v) is 2.51. The number of ether oxygens (including phenoxy) is 1. The highest BCUT2D eigenvalue weighted by atomic mass is 19.1. The maximum atomic E-state index is 12.7. The van der Waals surface area contributed by atoms with E-state index in [2.05, 4.69) is 4.74 Å². The van der Waals surface area contributed by atoms with Gasteiger partial charge < -0.3 is 14.9 Å². The summed E-state index contributed by atoms with van der Waals surface area (Å²) in [6.07, 6.45) is 0. The van der Waals surface area contributed by atoms with Crippen molar-refractivity contribution in [1.29, 1.82) is 0 Å². The predicted octanol–water partition coefficient (Wildman–Crippen LogP) is 0.221. The summed E-state index contributed by atoms with van der Waals surface area (Å²) in [7, 11) is 1.16. The maximum Gasteiger partial charge on any atom is 0.321 e. The number of hydrogen-bond donors (Lipinski definition) is 2. The minimum atomic E-state index is -1.54. The summed E-state index contributed by atoms with van der Waals surface area (Å²) in [5, 5.41) is 18.5. The molecule has 0 saturated heterocycles. The van der Waals surface area contributed by atoms with E-state index in [1.165, 1.54) is 12.1 Å². The fourth-order valence-electron chi connectivity index (χ4n) is 1.44. The third kappa shape index (κ3) is 2.05. The molecule has 0 amide bonds. The SMILES string of the molecule is COC(=O)C(CO)(CO)c1ccc(F)cc1. The average molecular weight is 228 g/mol. The topological polar surface area (TPSA) is 66.8 Å². The monoisotopic (exact) mass is 228 g/mol. The van der Waals surface area contributed by atoms with Crippen molar-refractivity contribution in [2.24, 2.45) is 0 Å².